The predicted molar refractivity (Wildman–Crippen MR) is 146 cm³/mol. The Bertz CT molecular complexity index is 1460. The fraction of sp³-hybridized carbons (Fsp3) is 0.357. The van der Waals surface area contributed by atoms with Crippen LogP contribution in [0.5, 0.6) is 5.75 Å². The molecule has 0 bridgehead atoms. The van der Waals surface area contributed by atoms with Crippen LogP contribution in [-0.2, 0) is 17.6 Å². The normalized spacial score (nSPS) is 18.6. The van der Waals surface area contributed by atoms with Crippen LogP contribution in [0, 0.1) is 0 Å². The van der Waals surface area contributed by atoms with Crippen molar-refractivity contribution in [1.82, 2.24) is 24.6 Å². The quantitative estimate of drug-likeness (QED) is 0.383. The first-order chi connectivity index (χ1) is 18.4. The van der Waals surface area contributed by atoms with Crippen LogP contribution in [-0.4, -0.2) is 67.4 Å². The molecule has 6 rings (SSSR count). The summed E-state index contributed by atoms with van der Waals surface area (Å²) >= 11 is 1.46. The van der Waals surface area contributed by atoms with Crippen molar-refractivity contribution in [3.8, 4) is 11.4 Å². The molecule has 0 spiro atoms. The van der Waals surface area contributed by atoms with Crippen molar-refractivity contribution in [2.24, 2.45) is 0 Å². The average molecular weight is 531 g/mol. The molecule has 1 unspecified atom stereocenters. The molecule has 2 amide bonds. The van der Waals surface area contributed by atoms with E-state index in [1.54, 1.807) is 15.9 Å². The Morgan fingerprint density at radius 1 is 1.21 bits per heavy atom. The minimum absolute atomic E-state index is 0.179. The first kappa shape index (κ1) is 24.5. The minimum Gasteiger partial charge on any atom is -0.506 e. The highest BCUT2D eigenvalue weighted by atomic mass is 32.2. The highest BCUT2D eigenvalue weighted by molar-refractivity contribution is 7.98. The molecule has 1 atom stereocenters. The van der Waals surface area contributed by atoms with Crippen LogP contribution in [0.15, 0.2) is 48.1 Å². The number of thioether (sulfide) groups is 1. The lowest BCUT2D eigenvalue weighted by atomic mass is 9.94. The third-order valence-electron chi connectivity index (χ3n) is 7.78. The standard InChI is InChI=1S/C28H30N6O3S/c1-3-26(36)32-10-8-20-27-22(34(31-20)21-7-6-17(12-24(21)35)16-4-5-16)9-11-33(23(27)15-32)28(37)18-14-30-25(38-2)13-19(18)29/h3,6-7,12-14,16,23,35H,1,4-5,8-11,15H2,2H3,(H2,29,30). The Balaban J connectivity index is 1.42. The molecule has 0 radical (unpaired) electrons. The van der Waals surface area contributed by atoms with E-state index >= 15 is 0 Å². The fourth-order valence-corrected chi connectivity index (χ4v) is 6.05. The van der Waals surface area contributed by atoms with Gasteiger partial charge >= 0.3 is 0 Å². The summed E-state index contributed by atoms with van der Waals surface area (Å²) in [6.45, 7) is 4.86. The van der Waals surface area contributed by atoms with Crippen LogP contribution in [0.25, 0.3) is 5.69 Å². The predicted octanol–water partition coefficient (Wildman–Crippen LogP) is 3.46. The number of nitrogen functional groups attached to an aromatic ring is 1. The zero-order valence-corrected chi connectivity index (χ0v) is 22.1. The molecule has 1 aromatic carbocycles. The number of rotatable bonds is 5. The monoisotopic (exact) mass is 530 g/mol. The molecule has 10 heteroatoms. The van der Waals surface area contributed by atoms with Gasteiger partial charge in [-0.2, -0.15) is 5.10 Å². The summed E-state index contributed by atoms with van der Waals surface area (Å²) in [6, 6.07) is 7.16. The molecule has 196 valence electrons. The Hall–Kier alpha value is -3.79. The van der Waals surface area contributed by atoms with Gasteiger partial charge in [-0.25, -0.2) is 9.67 Å². The molecular weight excluding hydrogens is 500 g/mol. The number of anilines is 1. The Morgan fingerprint density at radius 2 is 2.03 bits per heavy atom. The molecule has 2 aliphatic heterocycles. The zero-order chi connectivity index (χ0) is 26.6. The maximum atomic E-state index is 13.8. The molecule has 1 aliphatic carbocycles. The van der Waals surface area contributed by atoms with E-state index in [2.05, 4.69) is 17.6 Å². The summed E-state index contributed by atoms with van der Waals surface area (Å²) in [5.74, 6) is 0.337. The number of phenolic OH excluding ortho intramolecular Hbond substituents is 1. The van der Waals surface area contributed by atoms with Gasteiger partial charge in [0.1, 0.15) is 11.4 Å². The van der Waals surface area contributed by atoms with E-state index in [0.29, 0.717) is 55.3 Å². The second-order valence-electron chi connectivity index (χ2n) is 10.1. The molecule has 38 heavy (non-hydrogen) atoms. The largest absolute Gasteiger partial charge is 0.506 e. The number of nitrogens with two attached hydrogens (primary N) is 1. The van der Waals surface area contributed by atoms with Crippen molar-refractivity contribution in [2.75, 3.05) is 31.6 Å². The zero-order valence-electron chi connectivity index (χ0n) is 21.3. The van der Waals surface area contributed by atoms with Crippen molar-refractivity contribution in [3.05, 3.63) is 71.2 Å². The molecule has 3 aromatic rings. The number of hydrogen-bond acceptors (Lipinski definition) is 7. The van der Waals surface area contributed by atoms with Crippen molar-refractivity contribution < 1.29 is 14.7 Å². The topological polar surface area (TPSA) is 118 Å². The van der Waals surface area contributed by atoms with E-state index < -0.39 is 6.04 Å². The van der Waals surface area contributed by atoms with E-state index in [4.69, 9.17) is 10.8 Å². The van der Waals surface area contributed by atoms with Gasteiger partial charge in [-0.15, -0.1) is 11.8 Å². The van der Waals surface area contributed by atoms with Crippen LogP contribution in [0.3, 0.4) is 0 Å². The first-order valence-electron chi connectivity index (χ1n) is 12.8. The van der Waals surface area contributed by atoms with E-state index in [0.717, 1.165) is 40.4 Å². The summed E-state index contributed by atoms with van der Waals surface area (Å²) in [7, 11) is 0. The third-order valence-corrected chi connectivity index (χ3v) is 8.42. The van der Waals surface area contributed by atoms with E-state index in [1.165, 1.54) is 24.0 Å². The van der Waals surface area contributed by atoms with E-state index in [-0.39, 0.29) is 17.6 Å². The van der Waals surface area contributed by atoms with E-state index in [9.17, 15) is 14.7 Å². The number of nitrogens with zero attached hydrogens (tertiary/aromatic N) is 5. The van der Waals surface area contributed by atoms with E-state index in [1.807, 2.05) is 23.1 Å². The fourth-order valence-electron chi connectivity index (χ4n) is 5.65. The number of aromatic nitrogens is 3. The third kappa shape index (κ3) is 4.13. The summed E-state index contributed by atoms with van der Waals surface area (Å²) in [4.78, 5) is 34.4. The van der Waals surface area contributed by atoms with Crippen molar-refractivity contribution in [3.63, 3.8) is 0 Å². The Labute approximate surface area is 225 Å². The second-order valence-corrected chi connectivity index (χ2v) is 10.9. The lowest BCUT2D eigenvalue weighted by Gasteiger charge is -2.38. The molecule has 3 aliphatic rings. The van der Waals surface area contributed by atoms with Crippen LogP contribution in [0.2, 0.25) is 0 Å². The highest BCUT2D eigenvalue weighted by Crippen LogP contribution is 2.43. The van der Waals surface area contributed by atoms with Gasteiger partial charge in [0, 0.05) is 49.9 Å². The smallest absolute Gasteiger partial charge is 0.258 e. The van der Waals surface area contributed by atoms with Gasteiger partial charge in [0.05, 0.1) is 28.0 Å². The molecule has 1 fully saturated rings. The number of benzene rings is 1. The SMILES string of the molecule is C=CC(=O)N1CCc2nn(-c3ccc(C4CC4)cc3O)c3c2C(C1)N(C(=O)c1cnc(SC)cc1N)CC3. The lowest BCUT2D eigenvalue weighted by Crippen LogP contribution is -2.46. The number of phenols is 1. The molecule has 0 saturated heterocycles. The summed E-state index contributed by atoms with van der Waals surface area (Å²) < 4.78 is 1.83. The van der Waals surface area contributed by atoms with Crippen molar-refractivity contribution >= 4 is 29.3 Å². The van der Waals surface area contributed by atoms with Gasteiger partial charge in [-0.3, -0.25) is 9.59 Å². The van der Waals surface area contributed by atoms with Gasteiger partial charge in [-0.05, 0) is 54.9 Å². The molecule has 9 nitrogen and oxygen atoms in total. The number of carbonyl (C=O) groups is 2. The number of carbonyl (C=O) groups excluding carboxylic acids is 2. The summed E-state index contributed by atoms with van der Waals surface area (Å²) in [6.07, 6.45) is 8.16. The van der Waals surface area contributed by atoms with Crippen LogP contribution < -0.4 is 5.73 Å². The second kappa shape index (κ2) is 9.50. The minimum atomic E-state index is -0.408. The number of pyridine rings is 1. The maximum absolute atomic E-state index is 13.8. The highest BCUT2D eigenvalue weighted by Gasteiger charge is 2.40. The molecule has 2 aromatic heterocycles. The van der Waals surface area contributed by atoms with Crippen LogP contribution >= 0.6 is 11.8 Å². The van der Waals surface area contributed by atoms with Crippen LogP contribution in [0.1, 0.15) is 57.7 Å². The average Bonchev–Trinajstić information content (AvgIpc) is 3.73. The Morgan fingerprint density at radius 3 is 2.71 bits per heavy atom. The van der Waals surface area contributed by atoms with Crippen molar-refractivity contribution in [2.45, 2.75) is 42.7 Å². The molecule has 1 saturated carbocycles. The lowest BCUT2D eigenvalue weighted by molar-refractivity contribution is -0.126. The molecule has 4 heterocycles. The van der Waals surface area contributed by atoms with Gasteiger partial charge in [-0.1, -0.05) is 12.6 Å². The van der Waals surface area contributed by atoms with Gasteiger partial charge in [0.2, 0.25) is 5.91 Å². The number of aromatic hydroxyl groups is 1. The maximum Gasteiger partial charge on any atom is 0.258 e. The summed E-state index contributed by atoms with van der Waals surface area (Å²) in [5.41, 5.74) is 11.5. The first-order valence-corrected chi connectivity index (χ1v) is 14.1. The molecule has 3 N–H and O–H groups in total. The van der Waals surface area contributed by atoms with Gasteiger partial charge in [0.25, 0.3) is 5.91 Å². The molecular formula is C28H30N6O3S. The van der Waals surface area contributed by atoms with Gasteiger partial charge in [0.15, 0.2) is 0 Å². The number of hydrogen-bond donors (Lipinski definition) is 2. The van der Waals surface area contributed by atoms with Crippen molar-refractivity contribution in [1.29, 1.82) is 0 Å². The van der Waals surface area contributed by atoms with Crippen LogP contribution in [0.4, 0.5) is 5.69 Å². The van der Waals surface area contributed by atoms with Gasteiger partial charge < -0.3 is 20.6 Å². The summed E-state index contributed by atoms with van der Waals surface area (Å²) in [5, 5.41) is 16.6. The number of amides is 2. The Kier molecular flexibility index (Phi) is 6.14.